The van der Waals surface area contributed by atoms with Gasteiger partial charge in [-0.1, -0.05) is 30.3 Å². The Morgan fingerprint density at radius 3 is 2.38 bits per heavy atom. The maximum absolute atomic E-state index is 4.41. The molecule has 1 aliphatic rings. The predicted molar refractivity (Wildman–Crippen MR) is 65.0 cm³/mol. The van der Waals surface area contributed by atoms with Crippen molar-refractivity contribution in [2.45, 2.75) is 5.92 Å². The van der Waals surface area contributed by atoms with Gasteiger partial charge in [0.1, 0.15) is 0 Å². The molecule has 3 heteroatoms. The van der Waals surface area contributed by atoms with Gasteiger partial charge in [0.15, 0.2) is 0 Å². The van der Waals surface area contributed by atoms with Crippen molar-refractivity contribution in [2.24, 2.45) is 0 Å². The first kappa shape index (κ1) is 9.56. The molecule has 0 N–H and O–H groups in total. The molecule has 0 saturated carbocycles. The van der Waals surface area contributed by atoms with Crippen molar-refractivity contribution < 1.29 is 0 Å². The summed E-state index contributed by atoms with van der Waals surface area (Å²) >= 11 is 10.2. The maximum atomic E-state index is 4.41. The highest BCUT2D eigenvalue weighted by Crippen LogP contribution is 2.48. The fourth-order valence-electron chi connectivity index (χ4n) is 1.22. The number of hydrogen-bond donors (Lipinski definition) is 2. The number of benzene rings is 1. The molecule has 0 saturated heterocycles. The summed E-state index contributed by atoms with van der Waals surface area (Å²) in [7, 11) is 0. The van der Waals surface area contributed by atoms with Crippen LogP contribution in [-0.4, -0.2) is 0 Å². The molecule has 0 aromatic heterocycles. The summed E-state index contributed by atoms with van der Waals surface area (Å²) in [4.78, 5) is 1.000. The van der Waals surface area contributed by atoms with Gasteiger partial charge in [-0.25, -0.2) is 0 Å². The van der Waals surface area contributed by atoms with Crippen molar-refractivity contribution in [3.8, 4) is 0 Å². The Bertz CT molecular complexity index is 329. The van der Waals surface area contributed by atoms with E-state index in [1.54, 1.807) is 0 Å². The lowest BCUT2D eigenvalue weighted by Crippen LogP contribution is -1.93. The Morgan fingerprint density at radius 2 is 1.85 bits per heavy atom. The minimum atomic E-state index is 0.196. The van der Waals surface area contributed by atoms with Crippen molar-refractivity contribution in [3.63, 3.8) is 0 Å². The molecule has 2 radical (unpaired) electrons. The molecular formula is C10H8S3. The zero-order chi connectivity index (χ0) is 9.26. The Kier molecular flexibility index (Phi) is 2.96. The van der Waals surface area contributed by atoms with E-state index in [2.05, 4.69) is 43.1 Å². The third-order valence-corrected chi connectivity index (χ3v) is 3.99. The summed E-state index contributed by atoms with van der Waals surface area (Å²) in [5.41, 5.74) is 1.23. The molecule has 1 heterocycles. The van der Waals surface area contributed by atoms with Gasteiger partial charge in [0.05, 0.1) is 5.75 Å². The first-order chi connectivity index (χ1) is 6.29. The first-order valence-electron chi connectivity index (χ1n) is 3.88. The van der Waals surface area contributed by atoms with Gasteiger partial charge in [0.25, 0.3) is 0 Å². The molecule has 0 bridgehead atoms. The summed E-state index contributed by atoms with van der Waals surface area (Å²) in [6.07, 6.45) is 0. The lowest BCUT2D eigenvalue weighted by Gasteiger charge is -2.08. The smallest absolute Gasteiger partial charge is 0.0674 e. The van der Waals surface area contributed by atoms with Crippen LogP contribution < -0.4 is 0 Å². The highest BCUT2D eigenvalue weighted by atomic mass is 32.2. The minimum Gasteiger partial charge on any atom is -0.145 e. The molecule has 1 aromatic carbocycles. The second-order valence-electron chi connectivity index (χ2n) is 2.75. The van der Waals surface area contributed by atoms with Crippen molar-refractivity contribution in [2.75, 3.05) is 0 Å². The molecule has 1 aliphatic heterocycles. The van der Waals surface area contributed by atoms with Gasteiger partial charge in [-0.05, 0) is 5.56 Å². The van der Waals surface area contributed by atoms with E-state index in [0.717, 1.165) is 9.14 Å². The van der Waals surface area contributed by atoms with Gasteiger partial charge in [-0.15, -0.1) is 37.0 Å². The first-order valence-corrected chi connectivity index (χ1v) is 5.59. The third kappa shape index (κ3) is 1.92. The maximum Gasteiger partial charge on any atom is 0.0674 e. The third-order valence-electron chi connectivity index (χ3n) is 1.90. The molecule has 0 spiro atoms. The normalized spacial score (nSPS) is 22.5. The van der Waals surface area contributed by atoms with Crippen LogP contribution in [0.1, 0.15) is 11.5 Å². The average Bonchev–Trinajstić information content (AvgIpc) is 2.49. The van der Waals surface area contributed by atoms with E-state index in [0.29, 0.717) is 0 Å². The van der Waals surface area contributed by atoms with Crippen LogP contribution in [0.3, 0.4) is 0 Å². The second kappa shape index (κ2) is 4.03. The van der Waals surface area contributed by atoms with Crippen molar-refractivity contribution in [3.05, 3.63) is 50.8 Å². The topological polar surface area (TPSA) is 0 Å². The van der Waals surface area contributed by atoms with Crippen molar-refractivity contribution in [1.82, 2.24) is 0 Å². The van der Waals surface area contributed by atoms with Gasteiger partial charge < -0.3 is 0 Å². The van der Waals surface area contributed by atoms with Gasteiger partial charge in [0.2, 0.25) is 0 Å². The number of thioether (sulfide) groups is 1. The van der Waals surface area contributed by atoms with Crippen molar-refractivity contribution >= 4 is 37.0 Å². The van der Waals surface area contributed by atoms with Crippen LogP contribution in [0.4, 0.5) is 0 Å². The molecule has 0 nitrogen and oxygen atoms in total. The summed E-state index contributed by atoms with van der Waals surface area (Å²) < 4.78 is 0.956. The molecule has 0 amide bonds. The van der Waals surface area contributed by atoms with Crippen LogP contribution >= 0.6 is 37.0 Å². The fraction of sp³-hybridized carbons (Fsp3) is 0.100. The minimum absolute atomic E-state index is 0.196. The van der Waals surface area contributed by atoms with E-state index in [1.165, 1.54) is 17.3 Å². The van der Waals surface area contributed by atoms with Crippen LogP contribution in [0, 0.1) is 5.75 Å². The number of hydrogen-bond acceptors (Lipinski definition) is 3. The Hall–Kier alpha value is 0.01000. The quantitative estimate of drug-likeness (QED) is 0.688. The molecule has 0 aliphatic carbocycles. The lowest BCUT2D eigenvalue weighted by atomic mass is 10.0. The Labute approximate surface area is 93.6 Å². The van der Waals surface area contributed by atoms with Crippen LogP contribution in [0.25, 0.3) is 0 Å². The lowest BCUT2D eigenvalue weighted by molar-refractivity contribution is 1.06. The van der Waals surface area contributed by atoms with Gasteiger partial charge >= 0.3 is 0 Å². The zero-order valence-electron chi connectivity index (χ0n) is 6.77. The van der Waals surface area contributed by atoms with Crippen molar-refractivity contribution in [1.29, 1.82) is 0 Å². The van der Waals surface area contributed by atoms with Crippen LogP contribution in [0.2, 0.25) is 0 Å². The fourth-order valence-corrected chi connectivity index (χ4v) is 2.65. The molecule has 1 aromatic rings. The Balaban J connectivity index is 2.30. The second-order valence-corrected chi connectivity index (χ2v) is 4.83. The van der Waals surface area contributed by atoms with E-state index < -0.39 is 0 Å². The SMILES string of the molecule is SC1=C(S)C(c2ccccc2)[C]S1. The molecule has 1 atom stereocenters. The van der Waals surface area contributed by atoms with Crippen LogP contribution in [-0.2, 0) is 0 Å². The number of rotatable bonds is 1. The summed E-state index contributed by atoms with van der Waals surface area (Å²) in [5.74, 6) is 3.46. The predicted octanol–water partition coefficient (Wildman–Crippen LogP) is 3.58. The highest BCUT2D eigenvalue weighted by Gasteiger charge is 2.24. The van der Waals surface area contributed by atoms with E-state index in [-0.39, 0.29) is 5.92 Å². The average molecular weight is 224 g/mol. The van der Waals surface area contributed by atoms with E-state index in [1.807, 2.05) is 18.2 Å². The molecule has 1 unspecified atom stereocenters. The monoisotopic (exact) mass is 224 g/mol. The zero-order valence-corrected chi connectivity index (χ0v) is 9.37. The van der Waals surface area contributed by atoms with E-state index >= 15 is 0 Å². The van der Waals surface area contributed by atoms with Crippen LogP contribution in [0.15, 0.2) is 39.5 Å². The van der Waals surface area contributed by atoms with Gasteiger partial charge in [-0.2, -0.15) is 0 Å². The van der Waals surface area contributed by atoms with Gasteiger partial charge in [0, 0.05) is 15.1 Å². The number of thiol groups is 2. The molecule has 2 rings (SSSR count). The molecular weight excluding hydrogens is 216 g/mol. The van der Waals surface area contributed by atoms with E-state index in [9.17, 15) is 0 Å². The van der Waals surface area contributed by atoms with Crippen LogP contribution in [0.5, 0.6) is 0 Å². The summed E-state index contributed by atoms with van der Waals surface area (Å²) in [5, 5.41) is 0. The standard InChI is InChI=1S/C10H8S3/c11-9-8(6-13-10(9)12)7-4-2-1-3-5-7/h1-5,8,11-12H. The molecule has 66 valence electrons. The largest absolute Gasteiger partial charge is 0.145 e. The number of allylic oxidation sites excluding steroid dienone is 1. The Morgan fingerprint density at radius 1 is 1.15 bits per heavy atom. The molecule has 13 heavy (non-hydrogen) atoms. The molecule has 0 fully saturated rings. The highest BCUT2D eigenvalue weighted by molar-refractivity contribution is 8.17. The van der Waals surface area contributed by atoms with Gasteiger partial charge in [-0.3, -0.25) is 0 Å². The summed E-state index contributed by atoms with van der Waals surface area (Å²) in [6, 6.07) is 10.2. The van der Waals surface area contributed by atoms with E-state index in [4.69, 9.17) is 0 Å². The summed E-state index contributed by atoms with van der Waals surface area (Å²) in [6.45, 7) is 0.